The van der Waals surface area contributed by atoms with Gasteiger partial charge in [-0.2, -0.15) is 0 Å². The van der Waals surface area contributed by atoms with E-state index >= 15 is 0 Å². The zero-order valence-electron chi connectivity index (χ0n) is 9.99. The molecule has 5 nitrogen and oxygen atoms in total. The van der Waals surface area contributed by atoms with E-state index in [9.17, 15) is 4.79 Å². The van der Waals surface area contributed by atoms with Gasteiger partial charge in [0.1, 0.15) is 0 Å². The first-order chi connectivity index (χ1) is 7.72. The van der Waals surface area contributed by atoms with Crippen LogP contribution >= 0.6 is 11.3 Å². The van der Waals surface area contributed by atoms with Crippen LogP contribution in [0.1, 0.15) is 36.5 Å². The molecule has 0 aliphatic carbocycles. The smallest absolute Gasteiger partial charge is 0.284 e. The van der Waals surface area contributed by atoms with Crippen LogP contribution in [0.5, 0.6) is 0 Å². The molecular weight excluding hydrogens is 224 g/mol. The van der Waals surface area contributed by atoms with Gasteiger partial charge in [-0.05, 0) is 12.8 Å². The second-order valence-corrected chi connectivity index (χ2v) is 4.43. The van der Waals surface area contributed by atoms with Crippen molar-refractivity contribution in [3.63, 3.8) is 0 Å². The zero-order valence-corrected chi connectivity index (χ0v) is 10.8. The Kier molecular flexibility index (Phi) is 5.18. The summed E-state index contributed by atoms with van der Waals surface area (Å²) in [6.07, 6.45) is 1.92. The van der Waals surface area contributed by atoms with Crippen molar-refractivity contribution in [1.82, 2.24) is 15.1 Å². The molecule has 1 heterocycles. The maximum absolute atomic E-state index is 12.1. The molecule has 90 valence electrons. The summed E-state index contributed by atoms with van der Waals surface area (Å²) in [5.74, 6) is -0.0114. The van der Waals surface area contributed by atoms with Gasteiger partial charge >= 0.3 is 0 Å². The Balaban J connectivity index is 2.72. The first-order valence-electron chi connectivity index (χ1n) is 5.53. The van der Waals surface area contributed by atoms with E-state index in [4.69, 9.17) is 0 Å². The molecule has 1 N–H and O–H groups in total. The minimum atomic E-state index is -0.0114. The maximum atomic E-state index is 12.1. The normalized spacial score (nSPS) is 10.2. The van der Waals surface area contributed by atoms with Crippen LogP contribution in [0.3, 0.4) is 0 Å². The van der Waals surface area contributed by atoms with Crippen molar-refractivity contribution in [1.29, 1.82) is 0 Å². The van der Waals surface area contributed by atoms with E-state index in [1.165, 1.54) is 11.3 Å². The van der Waals surface area contributed by atoms with Crippen molar-refractivity contribution < 1.29 is 4.79 Å². The fraction of sp³-hybridized carbons (Fsp3) is 0.700. The fourth-order valence-corrected chi connectivity index (χ4v) is 2.07. The Labute approximate surface area is 99.9 Å². The predicted molar refractivity (Wildman–Crippen MR) is 65.9 cm³/mol. The molecule has 0 bridgehead atoms. The molecule has 0 aliphatic rings. The molecule has 0 saturated carbocycles. The van der Waals surface area contributed by atoms with Gasteiger partial charge in [0, 0.05) is 20.1 Å². The lowest BCUT2D eigenvalue weighted by atomic mass is 10.3. The number of nitrogens with one attached hydrogen (secondary N) is 1. The Morgan fingerprint density at radius 3 is 2.38 bits per heavy atom. The van der Waals surface area contributed by atoms with Crippen molar-refractivity contribution in [3.8, 4) is 0 Å². The highest BCUT2D eigenvalue weighted by Gasteiger charge is 2.18. The Bertz CT molecular complexity index is 333. The molecule has 0 unspecified atom stereocenters. The Morgan fingerprint density at radius 2 is 1.94 bits per heavy atom. The molecule has 0 saturated heterocycles. The summed E-state index contributed by atoms with van der Waals surface area (Å²) in [6.45, 7) is 5.69. The first kappa shape index (κ1) is 12.9. The highest BCUT2D eigenvalue weighted by Crippen LogP contribution is 2.16. The summed E-state index contributed by atoms with van der Waals surface area (Å²) in [5.41, 5.74) is 0. The summed E-state index contributed by atoms with van der Waals surface area (Å²) in [7, 11) is 1.77. The van der Waals surface area contributed by atoms with Crippen LogP contribution in [-0.4, -0.2) is 41.1 Å². The van der Waals surface area contributed by atoms with Crippen LogP contribution in [-0.2, 0) is 0 Å². The van der Waals surface area contributed by atoms with Gasteiger partial charge in [-0.3, -0.25) is 4.79 Å². The van der Waals surface area contributed by atoms with E-state index in [1.54, 1.807) is 7.05 Å². The van der Waals surface area contributed by atoms with Crippen molar-refractivity contribution >= 4 is 22.4 Å². The number of hydrogen-bond acceptors (Lipinski definition) is 5. The molecule has 0 spiro atoms. The van der Waals surface area contributed by atoms with E-state index in [0.717, 1.165) is 25.9 Å². The first-order valence-corrected chi connectivity index (χ1v) is 6.35. The predicted octanol–water partition coefficient (Wildman–Crippen LogP) is 1.84. The number of carbonyl (C=O) groups is 1. The van der Waals surface area contributed by atoms with Crippen LogP contribution < -0.4 is 5.32 Å². The third-order valence-electron chi connectivity index (χ3n) is 2.10. The maximum Gasteiger partial charge on any atom is 0.284 e. The lowest BCUT2D eigenvalue weighted by Crippen LogP contribution is -2.32. The van der Waals surface area contributed by atoms with E-state index < -0.39 is 0 Å². The lowest BCUT2D eigenvalue weighted by molar-refractivity contribution is 0.0754. The van der Waals surface area contributed by atoms with Crippen molar-refractivity contribution in [2.75, 3.05) is 25.5 Å². The van der Waals surface area contributed by atoms with E-state index in [2.05, 4.69) is 29.4 Å². The van der Waals surface area contributed by atoms with Gasteiger partial charge in [0.05, 0.1) is 0 Å². The van der Waals surface area contributed by atoms with Crippen molar-refractivity contribution in [2.24, 2.45) is 0 Å². The summed E-state index contributed by atoms with van der Waals surface area (Å²) >= 11 is 1.30. The van der Waals surface area contributed by atoms with E-state index in [0.29, 0.717) is 10.1 Å². The molecule has 1 aromatic heterocycles. The highest BCUT2D eigenvalue weighted by atomic mass is 32.1. The molecule has 0 radical (unpaired) electrons. The summed E-state index contributed by atoms with van der Waals surface area (Å²) < 4.78 is 0. The number of amides is 1. The number of hydrogen-bond donors (Lipinski definition) is 1. The molecular formula is C10H18N4OS. The standard InChI is InChI=1S/C10H18N4OS/c1-4-6-14(7-5-2)9(15)8-12-13-10(11-3)16-8/h4-7H2,1-3H3,(H,11,13). The number of carbonyl (C=O) groups excluding carboxylic acids is 1. The van der Waals surface area contributed by atoms with Gasteiger partial charge in [0.25, 0.3) is 5.91 Å². The van der Waals surface area contributed by atoms with Gasteiger partial charge in [-0.15, -0.1) is 10.2 Å². The van der Waals surface area contributed by atoms with Crippen LogP contribution in [0.25, 0.3) is 0 Å². The fourth-order valence-electron chi connectivity index (χ4n) is 1.40. The number of aromatic nitrogens is 2. The van der Waals surface area contributed by atoms with Crippen LogP contribution in [0.4, 0.5) is 5.13 Å². The zero-order chi connectivity index (χ0) is 12.0. The minimum absolute atomic E-state index is 0.0114. The van der Waals surface area contributed by atoms with Gasteiger partial charge in [0.15, 0.2) is 0 Å². The van der Waals surface area contributed by atoms with Gasteiger partial charge in [0.2, 0.25) is 10.1 Å². The molecule has 1 aromatic rings. The van der Waals surface area contributed by atoms with Gasteiger partial charge in [-0.1, -0.05) is 25.2 Å². The average Bonchev–Trinajstić information content (AvgIpc) is 2.76. The van der Waals surface area contributed by atoms with E-state index in [1.807, 2.05) is 4.90 Å². The molecule has 0 aromatic carbocycles. The molecule has 6 heteroatoms. The molecule has 16 heavy (non-hydrogen) atoms. The Hall–Kier alpha value is -1.17. The number of rotatable bonds is 6. The van der Waals surface area contributed by atoms with Crippen LogP contribution in [0.2, 0.25) is 0 Å². The molecule has 1 rings (SSSR count). The van der Waals surface area contributed by atoms with Crippen LogP contribution in [0, 0.1) is 0 Å². The molecule has 0 atom stereocenters. The van der Waals surface area contributed by atoms with Gasteiger partial charge in [-0.25, -0.2) is 0 Å². The third-order valence-corrected chi connectivity index (χ3v) is 3.02. The lowest BCUT2D eigenvalue weighted by Gasteiger charge is -2.19. The number of nitrogens with zero attached hydrogens (tertiary/aromatic N) is 3. The summed E-state index contributed by atoms with van der Waals surface area (Å²) in [6, 6.07) is 0. The third kappa shape index (κ3) is 3.16. The topological polar surface area (TPSA) is 58.1 Å². The highest BCUT2D eigenvalue weighted by molar-refractivity contribution is 7.17. The second-order valence-electron chi connectivity index (χ2n) is 3.45. The largest absolute Gasteiger partial charge is 0.363 e. The average molecular weight is 242 g/mol. The summed E-state index contributed by atoms with van der Waals surface area (Å²) in [5, 5.41) is 11.8. The number of anilines is 1. The molecule has 1 amide bonds. The van der Waals surface area contributed by atoms with Crippen LogP contribution in [0.15, 0.2) is 0 Å². The molecule has 0 fully saturated rings. The SMILES string of the molecule is CCCN(CCC)C(=O)c1nnc(NC)s1. The van der Waals surface area contributed by atoms with Gasteiger partial charge < -0.3 is 10.2 Å². The monoisotopic (exact) mass is 242 g/mol. The van der Waals surface area contributed by atoms with Crippen molar-refractivity contribution in [2.45, 2.75) is 26.7 Å². The van der Waals surface area contributed by atoms with Crippen molar-refractivity contribution in [3.05, 3.63) is 5.01 Å². The van der Waals surface area contributed by atoms with E-state index in [-0.39, 0.29) is 5.91 Å². The Morgan fingerprint density at radius 1 is 1.31 bits per heavy atom. The molecule has 0 aliphatic heterocycles. The minimum Gasteiger partial charge on any atom is -0.363 e. The summed E-state index contributed by atoms with van der Waals surface area (Å²) in [4.78, 5) is 13.9. The second kappa shape index (κ2) is 6.42. The quantitative estimate of drug-likeness (QED) is 0.827.